The van der Waals surface area contributed by atoms with Crippen molar-refractivity contribution in [2.75, 3.05) is 26.5 Å². The molecule has 0 spiro atoms. The van der Waals surface area contributed by atoms with Crippen LogP contribution in [0.2, 0.25) is 0 Å². The summed E-state index contributed by atoms with van der Waals surface area (Å²) >= 11 is 3.03. The lowest BCUT2D eigenvalue weighted by molar-refractivity contribution is -0.118. The number of aromatic nitrogens is 2. The Hall–Kier alpha value is -3.10. The highest BCUT2D eigenvalue weighted by Crippen LogP contribution is 2.37. The maximum atomic E-state index is 12.5. The Morgan fingerprint density at radius 1 is 1.06 bits per heavy atom. The van der Waals surface area contributed by atoms with Gasteiger partial charge < -0.3 is 14.8 Å². The molecule has 0 aliphatic rings. The Bertz CT molecular complexity index is 1260. The van der Waals surface area contributed by atoms with Crippen molar-refractivity contribution in [1.29, 1.82) is 0 Å². The number of fused-ring (bicyclic) bond motifs is 1. The third-order valence-electron chi connectivity index (χ3n) is 5.22. The molecule has 0 radical (unpaired) electrons. The van der Waals surface area contributed by atoms with E-state index in [4.69, 9.17) is 9.47 Å². The van der Waals surface area contributed by atoms with Crippen LogP contribution in [0.25, 0.3) is 21.3 Å². The molecule has 2 aromatic carbocycles. The van der Waals surface area contributed by atoms with E-state index >= 15 is 0 Å². The number of nitrogens with zero attached hydrogens (tertiary/aromatic N) is 2. The van der Waals surface area contributed by atoms with Crippen molar-refractivity contribution in [2.45, 2.75) is 18.4 Å². The van der Waals surface area contributed by atoms with E-state index in [0.717, 1.165) is 31.9 Å². The van der Waals surface area contributed by atoms with Gasteiger partial charge in [-0.2, -0.15) is 0 Å². The van der Waals surface area contributed by atoms with Gasteiger partial charge in [-0.25, -0.2) is 9.97 Å². The molecular formula is C25H25N3O3S2. The fourth-order valence-electron chi connectivity index (χ4n) is 3.47. The lowest BCUT2D eigenvalue weighted by Gasteiger charge is -2.10. The summed E-state index contributed by atoms with van der Waals surface area (Å²) < 4.78 is 10.6. The molecule has 170 valence electrons. The number of hydrogen-bond donors (Lipinski definition) is 1. The summed E-state index contributed by atoms with van der Waals surface area (Å²) in [5.74, 6) is 1.64. The van der Waals surface area contributed by atoms with Crippen LogP contribution in [0.15, 0.2) is 59.2 Å². The van der Waals surface area contributed by atoms with Crippen LogP contribution in [0.1, 0.15) is 11.1 Å². The van der Waals surface area contributed by atoms with Crippen LogP contribution in [-0.4, -0.2) is 42.4 Å². The Morgan fingerprint density at radius 2 is 1.85 bits per heavy atom. The van der Waals surface area contributed by atoms with Crippen molar-refractivity contribution in [3.8, 4) is 22.6 Å². The van der Waals surface area contributed by atoms with Crippen LogP contribution in [0.4, 0.5) is 0 Å². The molecule has 0 unspecified atom stereocenters. The summed E-state index contributed by atoms with van der Waals surface area (Å²) in [6.07, 6.45) is 2.27. The van der Waals surface area contributed by atoms with Gasteiger partial charge in [0.15, 0.2) is 11.5 Å². The molecule has 8 heteroatoms. The summed E-state index contributed by atoms with van der Waals surface area (Å²) in [4.78, 5) is 22.3. The quantitative estimate of drug-likeness (QED) is 0.265. The first-order valence-electron chi connectivity index (χ1n) is 10.5. The molecular weight excluding hydrogens is 454 g/mol. The number of rotatable bonds is 9. The summed E-state index contributed by atoms with van der Waals surface area (Å²) in [5.41, 5.74) is 4.52. The Kier molecular flexibility index (Phi) is 7.47. The molecule has 2 heterocycles. The molecule has 4 rings (SSSR count). The molecule has 33 heavy (non-hydrogen) atoms. The molecule has 0 atom stereocenters. The van der Waals surface area contributed by atoms with Crippen LogP contribution >= 0.6 is 23.1 Å². The Balaban J connectivity index is 1.38. The van der Waals surface area contributed by atoms with Gasteiger partial charge in [-0.3, -0.25) is 4.79 Å². The second kappa shape index (κ2) is 10.7. The largest absolute Gasteiger partial charge is 0.493 e. The zero-order chi connectivity index (χ0) is 23.2. The molecule has 6 nitrogen and oxygen atoms in total. The Labute approximate surface area is 201 Å². The number of ether oxygens (including phenoxy) is 2. The minimum atomic E-state index is -0.0284. The molecule has 0 bridgehead atoms. The summed E-state index contributed by atoms with van der Waals surface area (Å²) in [7, 11) is 3.23. The minimum Gasteiger partial charge on any atom is -0.493 e. The van der Waals surface area contributed by atoms with Gasteiger partial charge >= 0.3 is 0 Å². The van der Waals surface area contributed by atoms with Gasteiger partial charge in [0.25, 0.3) is 0 Å². The fraction of sp³-hybridized carbons (Fsp3) is 0.240. The van der Waals surface area contributed by atoms with E-state index < -0.39 is 0 Å². The van der Waals surface area contributed by atoms with Crippen molar-refractivity contribution >= 4 is 39.2 Å². The maximum absolute atomic E-state index is 12.5. The highest BCUT2D eigenvalue weighted by molar-refractivity contribution is 8.00. The van der Waals surface area contributed by atoms with Crippen molar-refractivity contribution in [1.82, 2.24) is 15.3 Å². The molecule has 2 aromatic heterocycles. The highest BCUT2D eigenvalue weighted by atomic mass is 32.2. The second-order valence-corrected chi connectivity index (χ2v) is 9.27. The number of carbonyl (C=O) groups is 1. The van der Waals surface area contributed by atoms with Gasteiger partial charge in [0, 0.05) is 17.5 Å². The van der Waals surface area contributed by atoms with Crippen molar-refractivity contribution in [3.05, 3.63) is 65.3 Å². The zero-order valence-corrected chi connectivity index (χ0v) is 20.4. The molecule has 4 aromatic rings. The lowest BCUT2D eigenvalue weighted by Crippen LogP contribution is -2.27. The number of thioether (sulfide) groups is 1. The average molecular weight is 480 g/mol. The summed E-state index contributed by atoms with van der Waals surface area (Å²) in [5, 5.41) is 6.93. The van der Waals surface area contributed by atoms with Crippen LogP contribution in [0.3, 0.4) is 0 Å². The van der Waals surface area contributed by atoms with E-state index in [9.17, 15) is 4.79 Å². The summed E-state index contributed by atoms with van der Waals surface area (Å²) in [6.45, 7) is 2.62. The van der Waals surface area contributed by atoms with Crippen LogP contribution in [0, 0.1) is 6.92 Å². The van der Waals surface area contributed by atoms with E-state index in [0.29, 0.717) is 30.2 Å². The van der Waals surface area contributed by atoms with Crippen molar-refractivity contribution in [3.63, 3.8) is 0 Å². The molecule has 0 saturated carbocycles. The number of nitrogens with one attached hydrogen (secondary N) is 1. The molecule has 0 saturated heterocycles. The number of thiophene rings is 1. The van der Waals surface area contributed by atoms with E-state index in [-0.39, 0.29) is 5.91 Å². The molecule has 1 amide bonds. The standard InChI is InChI=1S/C25H25N3O3S2/c1-16-4-7-18(8-5-16)19-13-32-24-23(19)25(28-15-27-24)33-14-22(29)26-11-10-17-6-9-20(30-2)21(12-17)31-3/h4-9,12-13,15H,10-11,14H2,1-3H3,(H,26,29). The number of carbonyl (C=O) groups excluding carboxylic acids is 1. The molecule has 0 aliphatic heterocycles. The minimum absolute atomic E-state index is 0.0284. The van der Waals surface area contributed by atoms with Crippen molar-refractivity contribution in [2.24, 2.45) is 0 Å². The predicted molar refractivity (Wildman–Crippen MR) is 135 cm³/mol. The Morgan fingerprint density at radius 3 is 2.61 bits per heavy atom. The smallest absolute Gasteiger partial charge is 0.230 e. The third-order valence-corrected chi connectivity index (χ3v) is 7.10. The number of hydrogen-bond acceptors (Lipinski definition) is 7. The van der Waals surface area contributed by atoms with Crippen LogP contribution in [-0.2, 0) is 11.2 Å². The number of aryl methyl sites for hydroxylation is 1. The van der Waals surface area contributed by atoms with E-state index in [1.54, 1.807) is 31.9 Å². The molecule has 0 aliphatic carbocycles. The van der Waals surface area contributed by atoms with Gasteiger partial charge in [0.1, 0.15) is 16.2 Å². The third kappa shape index (κ3) is 5.46. The first-order chi connectivity index (χ1) is 16.1. The molecule has 0 fully saturated rings. The van der Waals surface area contributed by atoms with Crippen LogP contribution in [0.5, 0.6) is 11.5 Å². The van der Waals surface area contributed by atoms with E-state index in [2.05, 4.69) is 51.9 Å². The maximum Gasteiger partial charge on any atom is 0.230 e. The van der Waals surface area contributed by atoms with Gasteiger partial charge in [0.05, 0.1) is 25.4 Å². The first kappa shape index (κ1) is 23.1. The normalized spacial score (nSPS) is 10.9. The predicted octanol–water partition coefficient (Wildman–Crippen LogP) is 5.13. The van der Waals surface area contributed by atoms with Gasteiger partial charge in [-0.05, 0) is 36.6 Å². The zero-order valence-electron chi connectivity index (χ0n) is 18.8. The van der Waals surface area contributed by atoms with Gasteiger partial charge in [-0.1, -0.05) is 47.7 Å². The highest BCUT2D eigenvalue weighted by Gasteiger charge is 2.15. The van der Waals surface area contributed by atoms with E-state index in [1.807, 2.05) is 18.2 Å². The number of benzene rings is 2. The first-order valence-corrected chi connectivity index (χ1v) is 12.3. The van der Waals surface area contributed by atoms with Gasteiger partial charge in [-0.15, -0.1) is 11.3 Å². The molecule has 1 N–H and O–H groups in total. The number of methoxy groups -OCH3 is 2. The van der Waals surface area contributed by atoms with Crippen molar-refractivity contribution < 1.29 is 14.3 Å². The number of amides is 1. The fourth-order valence-corrected chi connectivity index (χ4v) is 5.29. The summed E-state index contributed by atoms with van der Waals surface area (Å²) in [6, 6.07) is 14.2. The second-order valence-electron chi connectivity index (χ2n) is 7.45. The van der Waals surface area contributed by atoms with Gasteiger partial charge in [0.2, 0.25) is 5.91 Å². The average Bonchev–Trinajstić information content (AvgIpc) is 3.28. The SMILES string of the molecule is COc1ccc(CCNC(=O)CSc2ncnc3scc(-c4ccc(C)cc4)c23)cc1OC. The lowest BCUT2D eigenvalue weighted by atomic mass is 10.1. The van der Waals surface area contributed by atoms with Crippen LogP contribution < -0.4 is 14.8 Å². The monoisotopic (exact) mass is 479 g/mol. The topological polar surface area (TPSA) is 73.3 Å². The van der Waals surface area contributed by atoms with E-state index in [1.165, 1.54) is 17.3 Å².